The van der Waals surface area contributed by atoms with Gasteiger partial charge in [-0.25, -0.2) is 0 Å². The maximum atomic E-state index is 8.89. The third-order valence-electron chi connectivity index (χ3n) is 1.85. The van der Waals surface area contributed by atoms with E-state index in [2.05, 4.69) is 10.0 Å². The molecular formula is C7H13N3O3. The topological polar surface area (TPSA) is 87.5 Å². The van der Waals surface area contributed by atoms with Crippen molar-refractivity contribution in [3.8, 4) is 0 Å². The van der Waals surface area contributed by atoms with E-state index in [9.17, 15) is 0 Å². The van der Waals surface area contributed by atoms with Gasteiger partial charge >= 0.3 is 0 Å². The molecule has 0 saturated carbocycles. The van der Waals surface area contributed by atoms with E-state index in [0.29, 0.717) is 6.61 Å². The SMILES string of the molecule is CC1(C)OC[C@@H]([C@H](CO)N=[N+]=[N-])O1. The van der Waals surface area contributed by atoms with Crippen molar-refractivity contribution in [2.45, 2.75) is 31.8 Å². The van der Waals surface area contributed by atoms with Gasteiger partial charge in [0, 0.05) is 4.91 Å². The number of ether oxygens (including phenoxy) is 2. The summed E-state index contributed by atoms with van der Waals surface area (Å²) >= 11 is 0. The number of hydrogen-bond donors (Lipinski definition) is 1. The first-order valence-electron chi connectivity index (χ1n) is 4.06. The molecule has 1 aliphatic rings. The Morgan fingerprint density at radius 1 is 1.77 bits per heavy atom. The third-order valence-corrected chi connectivity index (χ3v) is 1.85. The lowest BCUT2D eigenvalue weighted by Crippen LogP contribution is -2.31. The van der Waals surface area contributed by atoms with Crippen molar-refractivity contribution in [2.75, 3.05) is 13.2 Å². The highest BCUT2D eigenvalue weighted by Gasteiger charge is 2.36. The summed E-state index contributed by atoms with van der Waals surface area (Å²) in [4.78, 5) is 2.63. The average molecular weight is 187 g/mol. The number of hydrogen-bond acceptors (Lipinski definition) is 4. The van der Waals surface area contributed by atoms with Gasteiger partial charge in [0.2, 0.25) is 0 Å². The molecule has 1 N–H and O–H groups in total. The van der Waals surface area contributed by atoms with Gasteiger partial charge in [-0.1, -0.05) is 5.11 Å². The van der Waals surface area contributed by atoms with Crippen LogP contribution in [-0.2, 0) is 9.47 Å². The average Bonchev–Trinajstić information content (AvgIpc) is 2.42. The zero-order chi connectivity index (χ0) is 9.90. The Morgan fingerprint density at radius 2 is 2.46 bits per heavy atom. The van der Waals surface area contributed by atoms with Crippen LogP contribution in [0.3, 0.4) is 0 Å². The van der Waals surface area contributed by atoms with Crippen molar-refractivity contribution in [3.05, 3.63) is 10.4 Å². The predicted molar refractivity (Wildman–Crippen MR) is 44.9 cm³/mol. The molecule has 1 rings (SSSR count). The Morgan fingerprint density at radius 3 is 2.85 bits per heavy atom. The van der Waals surface area contributed by atoms with Gasteiger partial charge in [0.25, 0.3) is 0 Å². The van der Waals surface area contributed by atoms with Gasteiger partial charge in [-0.2, -0.15) is 0 Å². The molecule has 1 saturated heterocycles. The predicted octanol–water partition coefficient (Wildman–Crippen LogP) is 0.809. The van der Waals surface area contributed by atoms with Crippen molar-refractivity contribution >= 4 is 0 Å². The van der Waals surface area contributed by atoms with E-state index in [1.54, 1.807) is 13.8 Å². The third kappa shape index (κ3) is 2.57. The molecule has 0 aromatic heterocycles. The van der Waals surface area contributed by atoms with Crippen LogP contribution in [-0.4, -0.2) is 36.3 Å². The Balaban J connectivity index is 2.57. The lowest BCUT2D eigenvalue weighted by molar-refractivity contribution is -0.141. The molecule has 13 heavy (non-hydrogen) atoms. The molecule has 0 spiro atoms. The largest absolute Gasteiger partial charge is 0.396 e. The number of aliphatic hydroxyl groups is 1. The summed E-state index contributed by atoms with van der Waals surface area (Å²) in [6.07, 6.45) is -0.351. The van der Waals surface area contributed by atoms with Gasteiger partial charge in [0.15, 0.2) is 5.79 Å². The van der Waals surface area contributed by atoms with E-state index in [1.165, 1.54) is 0 Å². The van der Waals surface area contributed by atoms with E-state index < -0.39 is 11.8 Å². The molecule has 0 aromatic carbocycles. The van der Waals surface area contributed by atoms with Crippen LogP contribution < -0.4 is 0 Å². The molecule has 0 unspecified atom stereocenters. The van der Waals surface area contributed by atoms with Crippen LogP contribution in [0.4, 0.5) is 0 Å². The molecule has 0 aliphatic carbocycles. The summed E-state index contributed by atoms with van der Waals surface area (Å²) in [6, 6.07) is -0.563. The van der Waals surface area contributed by atoms with E-state index in [1.807, 2.05) is 0 Å². The first kappa shape index (κ1) is 10.3. The van der Waals surface area contributed by atoms with E-state index in [0.717, 1.165) is 0 Å². The molecule has 74 valence electrons. The zero-order valence-electron chi connectivity index (χ0n) is 7.67. The van der Waals surface area contributed by atoms with Gasteiger partial charge in [-0.05, 0) is 19.4 Å². The molecule has 2 atom stereocenters. The Kier molecular flexibility index (Phi) is 3.11. The van der Waals surface area contributed by atoms with Crippen LogP contribution in [0.1, 0.15) is 13.8 Å². The molecule has 0 amide bonds. The standard InChI is InChI=1S/C7H13N3O3/c1-7(2)12-4-6(13-7)5(3-11)9-10-8/h5-6,11H,3-4H2,1-2H3/t5-,6-/m0/s1. The van der Waals surface area contributed by atoms with E-state index >= 15 is 0 Å². The minimum atomic E-state index is -0.650. The Hall–Kier alpha value is -0.810. The highest BCUT2D eigenvalue weighted by atomic mass is 16.7. The highest BCUT2D eigenvalue weighted by Crippen LogP contribution is 2.25. The van der Waals surface area contributed by atoms with Gasteiger partial charge in [-0.15, -0.1) is 0 Å². The second kappa shape index (κ2) is 3.93. The highest BCUT2D eigenvalue weighted by molar-refractivity contribution is 4.82. The smallest absolute Gasteiger partial charge is 0.163 e. The maximum Gasteiger partial charge on any atom is 0.163 e. The number of nitrogens with zero attached hydrogens (tertiary/aromatic N) is 3. The molecule has 1 aliphatic heterocycles. The molecule has 0 radical (unpaired) electrons. The summed E-state index contributed by atoms with van der Waals surface area (Å²) in [5.41, 5.74) is 8.21. The minimum Gasteiger partial charge on any atom is -0.396 e. The van der Waals surface area contributed by atoms with Crippen LogP contribution >= 0.6 is 0 Å². The van der Waals surface area contributed by atoms with Crippen LogP contribution in [0, 0.1) is 0 Å². The molecule has 0 aromatic rings. The summed E-state index contributed by atoms with van der Waals surface area (Å²) in [5, 5.41) is 12.3. The quantitative estimate of drug-likeness (QED) is 0.403. The van der Waals surface area contributed by atoms with Crippen LogP contribution in [0.5, 0.6) is 0 Å². The molecular weight excluding hydrogens is 174 g/mol. The van der Waals surface area contributed by atoms with Crippen molar-refractivity contribution in [2.24, 2.45) is 5.11 Å². The van der Waals surface area contributed by atoms with Crippen molar-refractivity contribution in [1.29, 1.82) is 0 Å². The number of rotatable bonds is 3. The first-order chi connectivity index (χ1) is 6.09. The van der Waals surface area contributed by atoms with Crippen LogP contribution in [0.2, 0.25) is 0 Å². The molecule has 0 bridgehead atoms. The molecule has 6 nitrogen and oxygen atoms in total. The fraction of sp³-hybridized carbons (Fsp3) is 1.00. The van der Waals surface area contributed by atoms with E-state index in [4.69, 9.17) is 20.1 Å². The summed E-state index contributed by atoms with van der Waals surface area (Å²) in [7, 11) is 0. The second-order valence-corrected chi connectivity index (χ2v) is 3.32. The fourth-order valence-corrected chi connectivity index (χ4v) is 1.20. The molecule has 1 heterocycles. The van der Waals surface area contributed by atoms with Crippen molar-refractivity contribution in [1.82, 2.24) is 0 Å². The van der Waals surface area contributed by atoms with Crippen molar-refractivity contribution < 1.29 is 14.6 Å². The Labute approximate surface area is 76.1 Å². The zero-order valence-corrected chi connectivity index (χ0v) is 7.67. The number of aliphatic hydroxyl groups excluding tert-OH is 1. The van der Waals surface area contributed by atoms with Gasteiger partial charge in [0.05, 0.1) is 25.4 Å². The molecule has 6 heteroatoms. The fourth-order valence-electron chi connectivity index (χ4n) is 1.20. The second-order valence-electron chi connectivity index (χ2n) is 3.32. The summed E-state index contributed by atoms with van der Waals surface area (Å²) in [6.45, 7) is 3.67. The Bertz CT molecular complexity index is 225. The van der Waals surface area contributed by atoms with Gasteiger partial charge in [-0.3, -0.25) is 0 Å². The first-order valence-corrected chi connectivity index (χ1v) is 4.06. The monoisotopic (exact) mass is 187 g/mol. The van der Waals surface area contributed by atoms with E-state index in [-0.39, 0.29) is 12.7 Å². The summed E-state index contributed by atoms with van der Waals surface area (Å²) < 4.78 is 10.7. The summed E-state index contributed by atoms with van der Waals surface area (Å²) in [5.74, 6) is -0.650. The number of azide groups is 1. The van der Waals surface area contributed by atoms with Crippen LogP contribution in [0.25, 0.3) is 10.4 Å². The minimum absolute atomic E-state index is 0.228. The van der Waals surface area contributed by atoms with Gasteiger partial charge in [0.1, 0.15) is 0 Å². The van der Waals surface area contributed by atoms with Crippen molar-refractivity contribution in [3.63, 3.8) is 0 Å². The van der Waals surface area contributed by atoms with Crippen LogP contribution in [0.15, 0.2) is 5.11 Å². The van der Waals surface area contributed by atoms with Gasteiger partial charge < -0.3 is 14.6 Å². The lowest BCUT2D eigenvalue weighted by Gasteiger charge is -2.19. The molecule has 1 fully saturated rings. The lowest BCUT2D eigenvalue weighted by atomic mass is 10.2. The maximum absolute atomic E-state index is 8.89. The normalized spacial score (nSPS) is 28.1.